The predicted molar refractivity (Wildman–Crippen MR) is 83.6 cm³/mol. The summed E-state index contributed by atoms with van der Waals surface area (Å²) in [7, 11) is 0. The summed E-state index contributed by atoms with van der Waals surface area (Å²) in [6, 6.07) is 0. The van der Waals surface area contributed by atoms with Crippen LogP contribution in [-0.2, 0) is 19.6 Å². The van der Waals surface area contributed by atoms with Gasteiger partial charge >= 0.3 is 5.69 Å². The fourth-order valence-corrected chi connectivity index (χ4v) is 2.49. The van der Waals surface area contributed by atoms with Crippen molar-refractivity contribution in [1.82, 2.24) is 18.7 Å². The van der Waals surface area contributed by atoms with Crippen LogP contribution in [0.1, 0.15) is 33.6 Å². The summed E-state index contributed by atoms with van der Waals surface area (Å²) < 4.78 is 4.70. The van der Waals surface area contributed by atoms with Crippen LogP contribution in [0.25, 0.3) is 11.2 Å². The van der Waals surface area contributed by atoms with Crippen molar-refractivity contribution in [3.8, 4) is 0 Å². The van der Waals surface area contributed by atoms with Crippen molar-refractivity contribution in [2.24, 2.45) is 0 Å². The standard InChI is InChI=1S/C15H22N4O2/c1-4-7-8-9-10-19-14(20)12-13(16-11-17(12)5-2)18(6-3)15(19)21/h4,7,11H,5-6,8-10H2,1-3H3. The number of hydrogen-bond donors (Lipinski definition) is 0. The highest BCUT2D eigenvalue weighted by Gasteiger charge is 2.16. The van der Waals surface area contributed by atoms with Crippen LogP contribution in [0.2, 0.25) is 0 Å². The SMILES string of the molecule is CC=CCCCn1c(=O)c2c(ncn2CC)n(CC)c1=O. The second kappa shape index (κ2) is 6.56. The van der Waals surface area contributed by atoms with Crippen LogP contribution in [0.3, 0.4) is 0 Å². The Balaban J connectivity index is 2.59. The molecule has 2 aromatic heterocycles. The molecule has 2 aromatic rings. The zero-order valence-electron chi connectivity index (χ0n) is 12.9. The normalized spacial score (nSPS) is 11.8. The number of unbranched alkanes of at least 4 members (excludes halogenated alkanes) is 1. The van der Waals surface area contributed by atoms with E-state index in [-0.39, 0.29) is 11.2 Å². The van der Waals surface area contributed by atoms with Crippen molar-refractivity contribution in [3.63, 3.8) is 0 Å². The Kier molecular flexibility index (Phi) is 4.77. The molecule has 114 valence electrons. The first-order valence-electron chi connectivity index (χ1n) is 7.45. The molecule has 0 aliphatic heterocycles. The van der Waals surface area contributed by atoms with Gasteiger partial charge in [0, 0.05) is 19.6 Å². The van der Waals surface area contributed by atoms with E-state index in [1.54, 1.807) is 15.5 Å². The summed E-state index contributed by atoms with van der Waals surface area (Å²) in [5.41, 5.74) is 0.500. The smallest absolute Gasteiger partial charge is 0.325 e. The largest absolute Gasteiger partial charge is 0.332 e. The molecule has 0 saturated carbocycles. The Morgan fingerprint density at radius 3 is 2.57 bits per heavy atom. The Bertz CT molecular complexity index is 764. The number of rotatable bonds is 6. The molecule has 0 aromatic carbocycles. The third-order valence-corrected chi connectivity index (χ3v) is 3.63. The molecule has 0 bridgehead atoms. The Morgan fingerprint density at radius 1 is 1.19 bits per heavy atom. The molecule has 0 aliphatic rings. The van der Waals surface area contributed by atoms with Crippen LogP contribution in [0.15, 0.2) is 28.1 Å². The van der Waals surface area contributed by atoms with E-state index in [0.717, 1.165) is 12.8 Å². The van der Waals surface area contributed by atoms with Crippen LogP contribution in [0.4, 0.5) is 0 Å². The number of nitrogens with zero attached hydrogens (tertiary/aromatic N) is 4. The zero-order valence-corrected chi connectivity index (χ0v) is 12.9. The minimum atomic E-state index is -0.267. The summed E-state index contributed by atoms with van der Waals surface area (Å²) in [5, 5.41) is 0. The van der Waals surface area contributed by atoms with Crippen LogP contribution >= 0.6 is 0 Å². The van der Waals surface area contributed by atoms with Gasteiger partial charge in [0.25, 0.3) is 5.56 Å². The van der Waals surface area contributed by atoms with Crippen molar-refractivity contribution in [1.29, 1.82) is 0 Å². The molecule has 2 heterocycles. The van der Waals surface area contributed by atoms with E-state index in [9.17, 15) is 9.59 Å². The quantitative estimate of drug-likeness (QED) is 0.601. The monoisotopic (exact) mass is 290 g/mol. The van der Waals surface area contributed by atoms with E-state index < -0.39 is 0 Å². The first-order valence-corrected chi connectivity index (χ1v) is 7.45. The second-order valence-corrected chi connectivity index (χ2v) is 4.90. The first-order chi connectivity index (χ1) is 10.2. The number of imidazole rings is 1. The third kappa shape index (κ3) is 2.70. The Hall–Kier alpha value is -2.11. The topological polar surface area (TPSA) is 61.8 Å². The van der Waals surface area contributed by atoms with Gasteiger partial charge in [0.1, 0.15) is 0 Å². The number of aromatic nitrogens is 4. The summed E-state index contributed by atoms with van der Waals surface area (Å²) in [6.07, 6.45) is 7.27. The molecule has 0 atom stereocenters. The molecule has 0 saturated heterocycles. The lowest BCUT2D eigenvalue weighted by atomic mass is 10.3. The number of hydrogen-bond acceptors (Lipinski definition) is 3. The van der Waals surface area contributed by atoms with Crippen molar-refractivity contribution >= 4 is 11.2 Å². The maximum absolute atomic E-state index is 12.6. The molecule has 2 rings (SSSR count). The summed E-state index contributed by atoms with van der Waals surface area (Å²) in [6.45, 7) is 7.41. The van der Waals surface area contributed by atoms with Gasteiger partial charge in [-0.3, -0.25) is 13.9 Å². The van der Waals surface area contributed by atoms with E-state index in [4.69, 9.17) is 0 Å². The molecule has 0 spiro atoms. The van der Waals surface area contributed by atoms with Gasteiger partial charge in [-0.25, -0.2) is 9.78 Å². The molecular formula is C15H22N4O2. The van der Waals surface area contributed by atoms with Crippen LogP contribution in [0.5, 0.6) is 0 Å². The van der Waals surface area contributed by atoms with E-state index in [2.05, 4.69) is 4.98 Å². The minimum absolute atomic E-state index is 0.237. The fraction of sp³-hybridized carbons (Fsp3) is 0.533. The zero-order chi connectivity index (χ0) is 15.4. The molecule has 0 unspecified atom stereocenters. The molecule has 0 aliphatic carbocycles. The average Bonchev–Trinajstić information content (AvgIpc) is 2.91. The van der Waals surface area contributed by atoms with Crippen molar-refractivity contribution in [2.75, 3.05) is 0 Å². The van der Waals surface area contributed by atoms with Crippen molar-refractivity contribution in [2.45, 2.75) is 53.2 Å². The molecule has 0 amide bonds. The van der Waals surface area contributed by atoms with E-state index >= 15 is 0 Å². The molecule has 6 nitrogen and oxygen atoms in total. The number of aryl methyl sites for hydroxylation is 2. The lowest BCUT2D eigenvalue weighted by Crippen LogP contribution is -2.40. The van der Waals surface area contributed by atoms with E-state index in [1.807, 2.05) is 32.9 Å². The van der Waals surface area contributed by atoms with E-state index in [1.165, 1.54) is 4.57 Å². The predicted octanol–water partition coefficient (Wildman–Crippen LogP) is 1.76. The lowest BCUT2D eigenvalue weighted by molar-refractivity contribution is 0.558. The second-order valence-electron chi connectivity index (χ2n) is 4.90. The van der Waals surface area contributed by atoms with Gasteiger partial charge in [-0.2, -0.15) is 0 Å². The minimum Gasteiger partial charge on any atom is -0.325 e. The number of allylic oxidation sites excluding steroid dienone is 2. The third-order valence-electron chi connectivity index (χ3n) is 3.63. The van der Waals surface area contributed by atoms with Gasteiger partial charge in [-0.05, 0) is 33.6 Å². The molecule has 0 N–H and O–H groups in total. The van der Waals surface area contributed by atoms with Crippen molar-refractivity contribution < 1.29 is 0 Å². The van der Waals surface area contributed by atoms with Gasteiger partial charge < -0.3 is 4.57 Å². The van der Waals surface area contributed by atoms with Gasteiger partial charge in [-0.15, -0.1) is 0 Å². The molecule has 0 fully saturated rings. The van der Waals surface area contributed by atoms with E-state index in [0.29, 0.717) is 30.8 Å². The maximum Gasteiger partial charge on any atom is 0.332 e. The Labute approximate surface area is 123 Å². The molecule has 6 heteroatoms. The summed E-state index contributed by atoms with van der Waals surface area (Å²) >= 11 is 0. The highest BCUT2D eigenvalue weighted by molar-refractivity contribution is 5.70. The highest BCUT2D eigenvalue weighted by atomic mass is 16.2. The first kappa shape index (κ1) is 15.3. The van der Waals surface area contributed by atoms with Crippen molar-refractivity contribution in [3.05, 3.63) is 39.3 Å². The summed E-state index contributed by atoms with van der Waals surface area (Å²) in [4.78, 5) is 29.3. The Morgan fingerprint density at radius 2 is 1.95 bits per heavy atom. The van der Waals surface area contributed by atoms with Crippen LogP contribution in [-0.4, -0.2) is 18.7 Å². The van der Waals surface area contributed by atoms with Gasteiger partial charge in [-0.1, -0.05) is 12.2 Å². The highest BCUT2D eigenvalue weighted by Crippen LogP contribution is 2.06. The molecule has 21 heavy (non-hydrogen) atoms. The van der Waals surface area contributed by atoms with Crippen LogP contribution < -0.4 is 11.2 Å². The number of fused-ring (bicyclic) bond motifs is 1. The molecular weight excluding hydrogens is 268 g/mol. The van der Waals surface area contributed by atoms with Gasteiger partial charge in [0.2, 0.25) is 0 Å². The summed E-state index contributed by atoms with van der Waals surface area (Å²) in [5.74, 6) is 0. The van der Waals surface area contributed by atoms with Crippen LogP contribution in [0, 0.1) is 0 Å². The molecule has 0 radical (unpaired) electrons. The van der Waals surface area contributed by atoms with Gasteiger partial charge in [0.15, 0.2) is 11.2 Å². The van der Waals surface area contributed by atoms with Gasteiger partial charge in [0.05, 0.1) is 6.33 Å². The fourth-order valence-electron chi connectivity index (χ4n) is 2.49. The lowest BCUT2D eigenvalue weighted by Gasteiger charge is -2.10. The average molecular weight is 290 g/mol. The maximum atomic E-state index is 12.6.